The number of nitriles is 1. The second kappa shape index (κ2) is 5.51. The molecule has 1 aliphatic rings. The molecule has 1 fully saturated rings. The second-order valence-electron chi connectivity index (χ2n) is 4.53. The fourth-order valence-corrected chi connectivity index (χ4v) is 2.28. The number of pyridine rings is 1. The van der Waals surface area contributed by atoms with Gasteiger partial charge in [0.1, 0.15) is 11.2 Å². The lowest BCUT2D eigenvalue weighted by Crippen LogP contribution is -2.33. The summed E-state index contributed by atoms with van der Waals surface area (Å²) in [4.78, 5) is 3.88. The number of hydrogen-bond donors (Lipinski definition) is 2. The molecular formula is C12H14ClFN4. The summed E-state index contributed by atoms with van der Waals surface area (Å²) in [5.41, 5.74) is 5.85. The Morgan fingerprint density at radius 2 is 2.11 bits per heavy atom. The first-order valence-corrected chi connectivity index (χ1v) is 6.26. The average molecular weight is 269 g/mol. The smallest absolute Gasteiger partial charge is 0.166 e. The van der Waals surface area contributed by atoms with Crippen LogP contribution in [0.2, 0.25) is 5.15 Å². The van der Waals surface area contributed by atoms with Gasteiger partial charge < -0.3 is 11.1 Å². The minimum absolute atomic E-state index is 0.0221. The molecule has 0 saturated heterocycles. The summed E-state index contributed by atoms with van der Waals surface area (Å²) in [6.07, 6.45) is 3.62. The summed E-state index contributed by atoms with van der Waals surface area (Å²) in [6, 6.07) is 3.30. The topological polar surface area (TPSA) is 74.7 Å². The van der Waals surface area contributed by atoms with Crippen LogP contribution in [-0.4, -0.2) is 17.1 Å². The molecule has 6 heteroatoms. The molecule has 0 atom stereocenters. The highest BCUT2D eigenvalue weighted by Gasteiger charge is 2.20. The summed E-state index contributed by atoms with van der Waals surface area (Å²) < 4.78 is 13.7. The molecule has 0 aromatic carbocycles. The summed E-state index contributed by atoms with van der Waals surface area (Å²) >= 11 is 5.78. The first-order valence-electron chi connectivity index (χ1n) is 5.88. The van der Waals surface area contributed by atoms with E-state index >= 15 is 0 Å². The van der Waals surface area contributed by atoms with Crippen LogP contribution in [0.5, 0.6) is 0 Å². The van der Waals surface area contributed by atoms with Crippen LogP contribution in [0.1, 0.15) is 31.2 Å². The quantitative estimate of drug-likeness (QED) is 0.808. The van der Waals surface area contributed by atoms with Gasteiger partial charge in [-0.15, -0.1) is 0 Å². The fraction of sp³-hybridized carbons (Fsp3) is 0.500. The van der Waals surface area contributed by atoms with Crippen LogP contribution in [0.3, 0.4) is 0 Å². The van der Waals surface area contributed by atoms with Crippen molar-refractivity contribution in [2.75, 3.05) is 5.32 Å². The lowest BCUT2D eigenvalue weighted by Gasteiger charge is -2.27. The zero-order valence-electron chi connectivity index (χ0n) is 9.79. The molecule has 0 spiro atoms. The number of anilines is 1. The molecule has 96 valence electrons. The van der Waals surface area contributed by atoms with Crippen molar-refractivity contribution >= 4 is 17.4 Å². The number of rotatable bonds is 2. The van der Waals surface area contributed by atoms with Gasteiger partial charge in [-0.1, -0.05) is 11.6 Å². The summed E-state index contributed by atoms with van der Waals surface area (Å²) in [6.45, 7) is 0. The van der Waals surface area contributed by atoms with E-state index in [0.29, 0.717) is 0 Å². The minimum atomic E-state index is -0.550. The van der Waals surface area contributed by atoms with Crippen LogP contribution in [0.25, 0.3) is 0 Å². The Balaban J connectivity index is 2.10. The Bertz CT molecular complexity index is 478. The van der Waals surface area contributed by atoms with Crippen molar-refractivity contribution in [2.45, 2.75) is 37.8 Å². The van der Waals surface area contributed by atoms with Gasteiger partial charge >= 0.3 is 0 Å². The first kappa shape index (κ1) is 13.1. The molecule has 18 heavy (non-hydrogen) atoms. The SMILES string of the molecule is N#Cc1cc(F)c(NC2CCC(N)CC2)nc1Cl. The Hall–Kier alpha value is -1.38. The molecule has 1 aliphatic carbocycles. The maximum absolute atomic E-state index is 13.7. The molecule has 0 aliphatic heterocycles. The molecule has 1 heterocycles. The zero-order valence-corrected chi connectivity index (χ0v) is 10.5. The number of nitrogens with zero attached hydrogens (tertiary/aromatic N) is 2. The van der Waals surface area contributed by atoms with Crippen LogP contribution in [0, 0.1) is 17.1 Å². The Kier molecular flexibility index (Phi) is 4.00. The number of halogens is 2. The van der Waals surface area contributed by atoms with Gasteiger partial charge in [-0.3, -0.25) is 0 Å². The van der Waals surface area contributed by atoms with Crippen LogP contribution in [0.4, 0.5) is 10.2 Å². The molecule has 4 nitrogen and oxygen atoms in total. The predicted octanol–water partition coefficient (Wildman–Crippen LogP) is 2.43. The lowest BCUT2D eigenvalue weighted by molar-refractivity contribution is 0.409. The predicted molar refractivity (Wildman–Crippen MR) is 67.8 cm³/mol. The van der Waals surface area contributed by atoms with Gasteiger partial charge in [0, 0.05) is 12.1 Å². The van der Waals surface area contributed by atoms with Crippen LogP contribution in [-0.2, 0) is 0 Å². The van der Waals surface area contributed by atoms with Gasteiger partial charge in [-0.05, 0) is 31.7 Å². The largest absolute Gasteiger partial charge is 0.365 e. The molecular weight excluding hydrogens is 255 g/mol. The Labute approximate surface area is 110 Å². The molecule has 0 radical (unpaired) electrons. The van der Waals surface area contributed by atoms with Crippen LogP contribution < -0.4 is 11.1 Å². The van der Waals surface area contributed by atoms with Crippen molar-refractivity contribution < 1.29 is 4.39 Å². The number of hydrogen-bond acceptors (Lipinski definition) is 4. The van der Waals surface area contributed by atoms with E-state index in [1.165, 1.54) is 0 Å². The van der Waals surface area contributed by atoms with Gasteiger partial charge in [0.05, 0.1) is 5.56 Å². The fourth-order valence-electron chi connectivity index (χ4n) is 2.10. The van der Waals surface area contributed by atoms with E-state index in [1.54, 1.807) is 6.07 Å². The maximum atomic E-state index is 13.7. The van der Waals surface area contributed by atoms with Crippen molar-refractivity contribution in [1.29, 1.82) is 5.26 Å². The van der Waals surface area contributed by atoms with E-state index in [9.17, 15) is 4.39 Å². The van der Waals surface area contributed by atoms with Crippen molar-refractivity contribution in [2.24, 2.45) is 5.73 Å². The third-order valence-corrected chi connectivity index (χ3v) is 3.45. The van der Waals surface area contributed by atoms with E-state index in [4.69, 9.17) is 22.6 Å². The lowest BCUT2D eigenvalue weighted by atomic mass is 9.92. The third-order valence-electron chi connectivity index (χ3n) is 3.16. The highest BCUT2D eigenvalue weighted by Crippen LogP contribution is 2.24. The van der Waals surface area contributed by atoms with Gasteiger partial charge in [0.15, 0.2) is 11.6 Å². The molecule has 1 aromatic heterocycles. The van der Waals surface area contributed by atoms with Crippen molar-refractivity contribution in [3.8, 4) is 6.07 Å². The highest BCUT2D eigenvalue weighted by molar-refractivity contribution is 6.30. The monoisotopic (exact) mass is 268 g/mol. The van der Waals surface area contributed by atoms with Crippen molar-refractivity contribution in [3.63, 3.8) is 0 Å². The second-order valence-corrected chi connectivity index (χ2v) is 4.88. The molecule has 0 amide bonds. The van der Waals surface area contributed by atoms with Gasteiger partial charge in [0.2, 0.25) is 0 Å². The highest BCUT2D eigenvalue weighted by atomic mass is 35.5. The van der Waals surface area contributed by atoms with Gasteiger partial charge in [-0.25, -0.2) is 9.37 Å². The Morgan fingerprint density at radius 3 is 2.72 bits per heavy atom. The van der Waals surface area contributed by atoms with E-state index in [0.717, 1.165) is 31.7 Å². The first-order chi connectivity index (χ1) is 8.60. The number of nitrogens with one attached hydrogen (secondary N) is 1. The van der Waals surface area contributed by atoms with E-state index in [1.807, 2.05) is 0 Å². The molecule has 1 aromatic rings. The van der Waals surface area contributed by atoms with Gasteiger partial charge in [-0.2, -0.15) is 5.26 Å². The van der Waals surface area contributed by atoms with Crippen molar-refractivity contribution in [3.05, 3.63) is 22.6 Å². The van der Waals surface area contributed by atoms with Crippen molar-refractivity contribution in [1.82, 2.24) is 4.98 Å². The van der Waals surface area contributed by atoms with E-state index < -0.39 is 5.82 Å². The average Bonchev–Trinajstić information content (AvgIpc) is 2.36. The minimum Gasteiger partial charge on any atom is -0.365 e. The summed E-state index contributed by atoms with van der Waals surface area (Å²) in [5.74, 6) is -0.440. The zero-order chi connectivity index (χ0) is 13.1. The molecule has 0 unspecified atom stereocenters. The molecule has 2 rings (SSSR count). The van der Waals surface area contributed by atoms with Crippen LogP contribution >= 0.6 is 11.6 Å². The van der Waals surface area contributed by atoms with E-state index in [2.05, 4.69) is 10.3 Å². The Morgan fingerprint density at radius 1 is 1.44 bits per heavy atom. The number of nitrogens with two attached hydrogens (primary N) is 1. The molecule has 1 saturated carbocycles. The summed E-state index contributed by atoms with van der Waals surface area (Å²) in [5, 5.41) is 11.8. The molecule has 3 N–H and O–H groups in total. The van der Waals surface area contributed by atoms with Gasteiger partial charge in [0.25, 0.3) is 0 Å². The number of aromatic nitrogens is 1. The van der Waals surface area contributed by atoms with E-state index in [-0.39, 0.29) is 28.6 Å². The summed E-state index contributed by atoms with van der Waals surface area (Å²) in [7, 11) is 0. The molecule has 0 bridgehead atoms. The standard InChI is InChI=1S/C12H14ClFN4/c13-11-7(6-15)5-10(14)12(18-11)17-9-3-1-8(16)2-4-9/h5,8-9H,1-4,16H2,(H,17,18). The maximum Gasteiger partial charge on any atom is 0.166 e. The normalized spacial score (nSPS) is 23.4. The third kappa shape index (κ3) is 2.89. The van der Waals surface area contributed by atoms with Crippen LogP contribution in [0.15, 0.2) is 6.07 Å².